The number of anilines is 1. The minimum atomic E-state index is -3.41. The molecule has 6 nitrogen and oxygen atoms in total. The number of rotatable bonds is 7. The molecule has 0 aliphatic heterocycles. The van der Waals surface area contributed by atoms with Gasteiger partial charge in [-0.2, -0.15) is 0 Å². The SMILES string of the molecule is Cc1cc(NCCNS(=O)(=O)c2cccs2)nc(C(C)C)n1. The topological polar surface area (TPSA) is 84.0 Å². The fourth-order valence-corrected chi connectivity index (χ4v) is 3.87. The molecule has 0 spiro atoms. The van der Waals surface area contributed by atoms with Crippen molar-refractivity contribution in [2.45, 2.75) is 30.9 Å². The van der Waals surface area contributed by atoms with Gasteiger partial charge in [0, 0.05) is 30.8 Å². The first-order valence-electron chi connectivity index (χ1n) is 7.01. The first-order chi connectivity index (χ1) is 10.4. The first-order valence-corrected chi connectivity index (χ1v) is 9.37. The average molecular weight is 340 g/mol. The number of nitrogens with one attached hydrogen (secondary N) is 2. The lowest BCUT2D eigenvalue weighted by atomic mass is 10.2. The van der Waals surface area contributed by atoms with Gasteiger partial charge in [-0.3, -0.25) is 0 Å². The van der Waals surface area contributed by atoms with Crippen molar-refractivity contribution < 1.29 is 8.42 Å². The quantitative estimate of drug-likeness (QED) is 0.756. The van der Waals surface area contributed by atoms with Crippen LogP contribution in [-0.2, 0) is 10.0 Å². The summed E-state index contributed by atoms with van der Waals surface area (Å²) in [6.07, 6.45) is 0. The van der Waals surface area contributed by atoms with Crippen LogP contribution in [0.3, 0.4) is 0 Å². The van der Waals surface area contributed by atoms with Crippen molar-refractivity contribution in [3.8, 4) is 0 Å². The van der Waals surface area contributed by atoms with Gasteiger partial charge >= 0.3 is 0 Å². The molecule has 2 heterocycles. The maximum atomic E-state index is 11.9. The molecule has 0 amide bonds. The van der Waals surface area contributed by atoms with Gasteiger partial charge in [-0.05, 0) is 18.4 Å². The van der Waals surface area contributed by atoms with Crippen LogP contribution in [0.1, 0.15) is 31.3 Å². The average Bonchev–Trinajstić information content (AvgIpc) is 2.98. The molecule has 0 bridgehead atoms. The van der Waals surface area contributed by atoms with E-state index in [0.29, 0.717) is 23.1 Å². The number of thiophene rings is 1. The molecule has 0 radical (unpaired) electrons. The van der Waals surface area contributed by atoms with E-state index in [2.05, 4.69) is 20.0 Å². The summed E-state index contributed by atoms with van der Waals surface area (Å²) in [4.78, 5) is 8.79. The normalized spacial score (nSPS) is 11.8. The van der Waals surface area contributed by atoms with Crippen molar-refractivity contribution in [2.24, 2.45) is 0 Å². The van der Waals surface area contributed by atoms with Crippen molar-refractivity contribution in [3.63, 3.8) is 0 Å². The molecule has 0 unspecified atom stereocenters. The third kappa shape index (κ3) is 4.49. The van der Waals surface area contributed by atoms with E-state index >= 15 is 0 Å². The number of aryl methyl sites for hydroxylation is 1. The molecule has 0 saturated heterocycles. The fraction of sp³-hybridized carbons (Fsp3) is 0.429. The molecule has 2 N–H and O–H groups in total. The lowest BCUT2D eigenvalue weighted by Gasteiger charge is -2.10. The number of hydrogen-bond donors (Lipinski definition) is 2. The van der Waals surface area contributed by atoms with E-state index in [9.17, 15) is 8.42 Å². The molecular formula is C14H20N4O2S2. The Morgan fingerprint density at radius 3 is 2.68 bits per heavy atom. The Kier molecular flexibility index (Phi) is 5.49. The van der Waals surface area contributed by atoms with Crippen LogP contribution in [0.4, 0.5) is 5.82 Å². The zero-order chi connectivity index (χ0) is 16.2. The summed E-state index contributed by atoms with van der Waals surface area (Å²) in [5.41, 5.74) is 0.889. The van der Waals surface area contributed by atoms with Crippen LogP contribution in [0.25, 0.3) is 0 Å². The van der Waals surface area contributed by atoms with Crippen LogP contribution in [0, 0.1) is 6.92 Å². The molecule has 0 fully saturated rings. The summed E-state index contributed by atoms with van der Waals surface area (Å²) in [7, 11) is -3.41. The highest BCUT2D eigenvalue weighted by Crippen LogP contribution is 2.15. The van der Waals surface area contributed by atoms with Crippen molar-refractivity contribution >= 4 is 27.2 Å². The summed E-state index contributed by atoms with van der Waals surface area (Å²) in [5, 5.41) is 4.86. The lowest BCUT2D eigenvalue weighted by molar-refractivity contribution is 0.585. The summed E-state index contributed by atoms with van der Waals surface area (Å²) in [6, 6.07) is 5.15. The minimum absolute atomic E-state index is 0.248. The maximum Gasteiger partial charge on any atom is 0.250 e. The summed E-state index contributed by atoms with van der Waals surface area (Å²) < 4.78 is 26.8. The van der Waals surface area contributed by atoms with E-state index in [1.165, 1.54) is 11.3 Å². The highest BCUT2D eigenvalue weighted by atomic mass is 32.2. The van der Waals surface area contributed by atoms with Crippen LogP contribution in [-0.4, -0.2) is 31.5 Å². The van der Waals surface area contributed by atoms with Crippen LogP contribution in [0.15, 0.2) is 27.8 Å². The second-order valence-electron chi connectivity index (χ2n) is 5.16. The lowest BCUT2D eigenvalue weighted by Crippen LogP contribution is -2.28. The smallest absolute Gasteiger partial charge is 0.250 e. The molecule has 0 atom stereocenters. The molecule has 2 aromatic rings. The molecular weight excluding hydrogens is 320 g/mol. The summed E-state index contributed by atoms with van der Waals surface area (Å²) in [5.74, 6) is 1.74. The Hall–Kier alpha value is -1.51. The monoisotopic (exact) mass is 340 g/mol. The second-order valence-corrected chi connectivity index (χ2v) is 8.11. The number of nitrogens with zero attached hydrogens (tertiary/aromatic N) is 2. The highest BCUT2D eigenvalue weighted by molar-refractivity contribution is 7.91. The predicted octanol–water partition coefficient (Wildman–Crippen LogP) is 2.36. The number of aromatic nitrogens is 2. The highest BCUT2D eigenvalue weighted by Gasteiger charge is 2.13. The molecule has 2 rings (SSSR count). The predicted molar refractivity (Wildman–Crippen MR) is 88.9 cm³/mol. The zero-order valence-electron chi connectivity index (χ0n) is 12.8. The Morgan fingerprint density at radius 2 is 2.05 bits per heavy atom. The van der Waals surface area contributed by atoms with Gasteiger partial charge in [-0.1, -0.05) is 19.9 Å². The van der Waals surface area contributed by atoms with E-state index in [1.54, 1.807) is 17.5 Å². The minimum Gasteiger partial charge on any atom is -0.369 e. The number of sulfonamides is 1. The van der Waals surface area contributed by atoms with Crippen LogP contribution in [0.5, 0.6) is 0 Å². The van der Waals surface area contributed by atoms with Gasteiger partial charge in [0.05, 0.1) is 0 Å². The van der Waals surface area contributed by atoms with E-state index in [-0.39, 0.29) is 5.92 Å². The third-order valence-corrected chi connectivity index (χ3v) is 5.73. The standard InChI is InChI=1S/C14H20N4O2S2/c1-10(2)14-17-11(3)9-12(18-14)15-6-7-16-22(19,20)13-5-4-8-21-13/h4-5,8-10,16H,6-7H2,1-3H3,(H,15,17,18). The molecule has 2 aromatic heterocycles. The van der Waals surface area contributed by atoms with Crippen molar-refractivity contribution in [1.29, 1.82) is 0 Å². The molecule has 0 saturated carbocycles. The van der Waals surface area contributed by atoms with Gasteiger partial charge in [0.15, 0.2) is 0 Å². The second kappa shape index (κ2) is 7.17. The van der Waals surface area contributed by atoms with Crippen LogP contribution >= 0.6 is 11.3 Å². The summed E-state index contributed by atoms with van der Waals surface area (Å²) >= 11 is 1.20. The largest absolute Gasteiger partial charge is 0.369 e. The molecule has 0 aliphatic rings. The Morgan fingerprint density at radius 1 is 1.27 bits per heavy atom. The Bertz CT molecular complexity index is 712. The van der Waals surface area contributed by atoms with Crippen LogP contribution in [0.2, 0.25) is 0 Å². The van der Waals surface area contributed by atoms with Gasteiger partial charge in [0.1, 0.15) is 15.9 Å². The Balaban J connectivity index is 1.89. The van der Waals surface area contributed by atoms with Crippen LogP contribution < -0.4 is 10.0 Å². The zero-order valence-corrected chi connectivity index (χ0v) is 14.5. The van der Waals surface area contributed by atoms with Crippen molar-refractivity contribution in [2.75, 3.05) is 18.4 Å². The first kappa shape index (κ1) is 16.9. The molecule has 0 aliphatic carbocycles. The third-order valence-electron chi connectivity index (χ3n) is 2.87. The summed E-state index contributed by atoms with van der Waals surface area (Å²) in [6.45, 7) is 6.73. The van der Waals surface area contributed by atoms with E-state index < -0.39 is 10.0 Å². The van der Waals surface area contributed by atoms with Gasteiger partial charge in [-0.15, -0.1) is 11.3 Å². The molecule has 120 valence electrons. The van der Waals surface area contributed by atoms with Crippen molar-refractivity contribution in [3.05, 3.63) is 35.1 Å². The molecule has 22 heavy (non-hydrogen) atoms. The molecule has 8 heteroatoms. The fourth-order valence-electron chi connectivity index (χ4n) is 1.80. The van der Waals surface area contributed by atoms with Gasteiger partial charge in [-0.25, -0.2) is 23.1 Å². The van der Waals surface area contributed by atoms with E-state index in [4.69, 9.17) is 0 Å². The van der Waals surface area contributed by atoms with E-state index in [1.807, 2.05) is 26.8 Å². The molecule has 0 aromatic carbocycles. The number of hydrogen-bond acceptors (Lipinski definition) is 6. The van der Waals surface area contributed by atoms with Gasteiger partial charge < -0.3 is 5.32 Å². The maximum absolute atomic E-state index is 11.9. The van der Waals surface area contributed by atoms with Gasteiger partial charge in [0.2, 0.25) is 10.0 Å². The van der Waals surface area contributed by atoms with Gasteiger partial charge in [0.25, 0.3) is 0 Å². The Labute approximate surface area is 135 Å². The van der Waals surface area contributed by atoms with Crippen molar-refractivity contribution in [1.82, 2.24) is 14.7 Å². The van der Waals surface area contributed by atoms with E-state index in [0.717, 1.165) is 11.5 Å².